The predicted octanol–water partition coefficient (Wildman–Crippen LogP) is 0.174. The second-order valence-corrected chi connectivity index (χ2v) is 4.10. The van der Waals surface area contributed by atoms with Gasteiger partial charge in [-0.05, 0) is 19.8 Å². The Labute approximate surface area is 108 Å². The quantitative estimate of drug-likeness (QED) is 0.501. The number of carbonyl (C=O) groups excluding carboxylic acids is 1. The van der Waals surface area contributed by atoms with E-state index in [-0.39, 0.29) is 23.9 Å². The molecular weight excluding hydrogens is 254 g/mol. The molecule has 19 heavy (non-hydrogen) atoms. The molecule has 0 saturated carbocycles. The Balaban J connectivity index is 2.84. The number of amides is 1. The highest BCUT2D eigenvalue weighted by atomic mass is 16.6. The summed E-state index contributed by atoms with van der Waals surface area (Å²) in [7, 11) is 0. The molecule has 0 fully saturated rings. The number of aliphatic hydroxyl groups is 1. The second-order valence-electron chi connectivity index (χ2n) is 4.10. The van der Waals surface area contributed by atoms with Gasteiger partial charge in [0.2, 0.25) is 0 Å². The highest BCUT2D eigenvalue weighted by Crippen LogP contribution is 2.08. The first-order valence-corrected chi connectivity index (χ1v) is 5.74. The Bertz CT molecular complexity index is 525. The minimum atomic E-state index is -0.693. The summed E-state index contributed by atoms with van der Waals surface area (Å²) >= 11 is 0. The molecule has 0 aliphatic rings. The number of nitrogens with zero attached hydrogens (tertiary/aromatic N) is 1. The fraction of sp³-hybridized carbons (Fsp3) is 0.455. The van der Waals surface area contributed by atoms with Crippen molar-refractivity contribution in [2.45, 2.75) is 25.8 Å². The van der Waals surface area contributed by atoms with E-state index in [2.05, 4.69) is 10.3 Å². The molecule has 8 nitrogen and oxygen atoms in total. The Morgan fingerprint density at radius 3 is 2.89 bits per heavy atom. The zero-order valence-electron chi connectivity index (χ0n) is 10.4. The topological polar surface area (TPSA) is 125 Å². The van der Waals surface area contributed by atoms with Gasteiger partial charge in [-0.2, -0.15) is 0 Å². The highest BCUT2D eigenvalue weighted by Gasteiger charge is 2.17. The number of aliphatic hydroxyl groups excluding tert-OH is 1. The monoisotopic (exact) mass is 269 g/mol. The van der Waals surface area contributed by atoms with Gasteiger partial charge in [0.25, 0.3) is 17.2 Å². The van der Waals surface area contributed by atoms with Crippen LogP contribution < -0.4 is 10.9 Å². The molecule has 3 N–H and O–H groups in total. The first-order chi connectivity index (χ1) is 8.95. The molecule has 0 saturated heterocycles. The van der Waals surface area contributed by atoms with Crippen molar-refractivity contribution in [2.24, 2.45) is 0 Å². The van der Waals surface area contributed by atoms with Crippen molar-refractivity contribution in [3.8, 4) is 0 Å². The molecule has 1 atom stereocenters. The lowest BCUT2D eigenvalue weighted by Gasteiger charge is -2.12. The molecule has 0 aromatic carbocycles. The van der Waals surface area contributed by atoms with Gasteiger partial charge in [0, 0.05) is 18.7 Å². The van der Waals surface area contributed by atoms with Gasteiger partial charge in [-0.1, -0.05) is 0 Å². The molecule has 1 heterocycles. The molecule has 0 bridgehead atoms. The maximum atomic E-state index is 11.8. The molecule has 0 radical (unpaired) electrons. The van der Waals surface area contributed by atoms with Crippen molar-refractivity contribution in [3.05, 3.63) is 38.3 Å². The van der Waals surface area contributed by atoms with Crippen molar-refractivity contribution in [3.63, 3.8) is 0 Å². The Hall–Kier alpha value is -2.22. The third kappa shape index (κ3) is 4.18. The van der Waals surface area contributed by atoms with Gasteiger partial charge in [0.15, 0.2) is 0 Å². The summed E-state index contributed by atoms with van der Waals surface area (Å²) in [5.74, 6) is -0.671. The third-order valence-electron chi connectivity index (χ3n) is 2.52. The molecule has 0 aliphatic carbocycles. The Morgan fingerprint density at radius 1 is 1.63 bits per heavy atom. The highest BCUT2D eigenvalue weighted by molar-refractivity contribution is 5.94. The van der Waals surface area contributed by atoms with Crippen LogP contribution in [0.1, 0.15) is 30.1 Å². The lowest BCUT2D eigenvalue weighted by atomic mass is 10.1. The average Bonchev–Trinajstić information content (AvgIpc) is 2.36. The number of nitrogens with one attached hydrogen (secondary N) is 2. The summed E-state index contributed by atoms with van der Waals surface area (Å²) in [5.41, 5.74) is -1.34. The first kappa shape index (κ1) is 14.8. The van der Waals surface area contributed by atoms with Gasteiger partial charge in [-0.25, -0.2) is 0 Å². The number of hydrogen-bond donors (Lipinski definition) is 3. The fourth-order valence-corrected chi connectivity index (χ4v) is 1.52. The van der Waals surface area contributed by atoms with Gasteiger partial charge in [-0.15, -0.1) is 0 Å². The zero-order chi connectivity index (χ0) is 14.4. The zero-order valence-corrected chi connectivity index (χ0v) is 10.4. The average molecular weight is 269 g/mol. The number of H-pyrrole nitrogens is 1. The normalized spacial score (nSPS) is 11.9. The van der Waals surface area contributed by atoms with Crippen molar-refractivity contribution >= 4 is 11.6 Å². The molecule has 0 aliphatic heterocycles. The summed E-state index contributed by atoms with van der Waals surface area (Å²) < 4.78 is 0. The third-order valence-corrected chi connectivity index (χ3v) is 2.52. The van der Waals surface area contributed by atoms with E-state index >= 15 is 0 Å². The SMILES string of the molecule is CC(CCCO)NC(=O)c1cc([N+](=O)[O-])c[nH]c1=O. The minimum Gasteiger partial charge on any atom is -0.396 e. The first-order valence-electron chi connectivity index (χ1n) is 5.74. The summed E-state index contributed by atoms with van der Waals surface area (Å²) in [4.78, 5) is 35.3. The van der Waals surface area contributed by atoms with Crippen molar-refractivity contribution in [2.75, 3.05) is 6.61 Å². The largest absolute Gasteiger partial charge is 0.396 e. The molecule has 1 amide bonds. The molecule has 1 aromatic rings. The maximum absolute atomic E-state index is 11.8. The standard InChI is InChI=1S/C11H15N3O5/c1-7(3-2-4-15)13-11(17)9-5-8(14(18)19)6-12-10(9)16/h5-7,15H,2-4H2,1H3,(H,12,16)(H,13,17). The minimum absolute atomic E-state index is 0.0115. The number of aromatic nitrogens is 1. The van der Waals surface area contributed by atoms with Crippen LogP contribution in [0, 0.1) is 10.1 Å². The number of nitro groups is 1. The van der Waals surface area contributed by atoms with Gasteiger partial charge < -0.3 is 15.4 Å². The van der Waals surface area contributed by atoms with Crippen LogP contribution in [-0.4, -0.2) is 33.6 Å². The van der Waals surface area contributed by atoms with Gasteiger partial charge in [0.05, 0.1) is 11.1 Å². The Kier molecular flexibility index (Phi) is 5.19. The van der Waals surface area contributed by atoms with Crippen LogP contribution in [0.5, 0.6) is 0 Å². The fourth-order valence-electron chi connectivity index (χ4n) is 1.52. The summed E-state index contributed by atoms with van der Waals surface area (Å²) in [6, 6.07) is 0.700. The van der Waals surface area contributed by atoms with Crippen LogP contribution in [-0.2, 0) is 0 Å². The molecule has 104 valence electrons. The molecular formula is C11H15N3O5. The molecule has 1 aromatic heterocycles. The molecule has 8 heteroatoms. The maximum Gasteiger partial charge on any atom is 0.286 e. The van der Waals surface area contributed by atoms with Gasteiger partial charge >= 0.3 is 0 Å². The predicted molar refractivity (Wildman–Crippen MR) is 67.0 cm³/mol. The van der Waals surface area contributed by atoms with Crippen LogP contribution in [0.25, 0.3) is 0 Å². The lowest BCUT2D eigenvalue weighted by molar-refractivity contribution is -0.385. The van der Waals surface area contributed by atoms with Crippen LogP contribution >= 0.6 is 0 Å². The van der Waals surface area contributed by atoms with E-state index in [1.807, 2.05) is 0 Å². The van der Waals surface area contributed by atoms with E-state index in [1.54, 1.807) is 6.92 Å². The van der Waals surface area contributed by atoms with Crippen molar-refractivity contribution in [1.82, 2.24) is 10.3 Å². The Morgan fingerprint density at radius 2 is 2.32 bits per heavy atom. The number of aromatic amines is 1. The summed E-state index contributed by atoms with van der Waals surface area (Å²) in [6.45, 7) is 1.73. The van der Waals surface area contributed by atoms with E-state index in [0.29, 0.717) is 12.8 Å². The molecule has 0 spiro atoms. The summed E-state index contributed by atoms with van der Waals surface area (Å²) in [6.07, 6.45) is 2.01. The van der Waals surface area contributed by atoms with E-state index in [1.165, 1.54) is 0 Å². The van der Waals surface area contributed by atoms with Crippen molar-refractivity contribution in [1.29, 1.82) is 0 Å². The van der Waals surface area contributed by atoms with Crippen molar-refractivity contribution < 1.29 is 14.8 Å². The smallest absolute Gasteiger partial charge is 0.286 e. The number of pyridine rings is 1. The van der Waals surface area contributed by atoms with Crippen LogP contribution in [0.15, 0.2) is 17.1 Å². The van der Waals surface area contributed by atoms with Crippen LogP contribution in [0.4, 0.5) is 5.69 Å². The van der Waals surface area contributed by atoms with Gasteiger partial charge in [-0.3, -0.25) is 19.7 Å². The number of hydrogen-bond acceptors (Lipinski definition) is 5. The number of rotatable bonds is 6. The molecule has 1 unspecified atom stereocenters. The van der Waals surface area contributed by atoms with Crippen LogP contribution in [0.2, 0.25) is 0 Å². The van der Waals surface area contributed by atoms with E-state index in [4.69, 9.17) is 5.11 Å². The van der Waals surface area contributed by atoms with E-state index in [9.17, 15) is 19.7 Å². The number of carbonyl (C=O) groups is 1. The van der Waals surface area contributed by atoms with E-state index < -0.39 is 16.4 Å². The molecule has 1 rings (SSSR count). The summed E-state index contributed by atoms with van der Waals surface area (Å²) in [5, 5.41) is 21.8. The lowest BCUT2D eigenvalue weighted by Crippen LogP contribution is -2.36. The van der Waals surface area contributed by atoms with Gasteiger partial charge in [0.1, 0.15) is 5.56 Å². The van der Waals surface area contributed by atoms with E-state index in [0.717, 1.165) is 12.3 Å². The van der Waals surface area contributed by atoms with Crippen LogP contribution in [0.3, 0.4) is 0 Å². The second kappa shape index (κ2) is 6.64.